The first kappa shape index (κ1) is 13.4. The molecule has 4 heteroatoms. The Balaban J connectivity index is 2.39. The summed E-state index contributed by atoms with van der Waals surface area (Å²) in [4.78, 5) is 17.4. The molecule has 0 aliphatic rings. The molecular formula is C16H14ClNOS. The lowest BCUT2D eigenvalue weighted by molar-refractivity contribution is 0.112. The van der Waals surface area contributed by atoms with E-state index in [-0.39, 0.29) is 0 Å². The van der Waals surface area contributed by atoms with E-state index in [0.717, 1.165) is 34.0 Å². The summed E-state index contributed by atoms with van der Waals surface area (Å²) in [7, 11) is 0. The van der Waals surface area contributed by atoms with E-state index in [1.807, 2.05) is 19.1 Å². The molecule has 0 saturated heterocycles. The molecule has 0 aliphatic carbocycles. The van der Waals surface area contributed by atoms with E-state index in [1.54, 1.807) is 11.3 Å². The number of carbonyl (C=O) groups excluding carboxylic acids is 1. The van der Waals surface area contributed by atoms with Gasteiger partial charge in [-0.25, -0.2) is 0 Å². The molecule has 1 N–H and O–H groups in total. The summed E-state index contributed by atoms with van der Waals surface area (Å²) in [5.74, 6) is 0. The molecule has 20 heavy (non-hydrogen) atoms. The molecule has 0 bridgehead atoms. The van der Waals surface area contributed by atoms with E-state index >= 15 is 0 Å². The molecule has 2 nitrogen and oxygen atoms in total. The number of halogens is 1. The van der Waals surface area contributed by atoms with Crippen LogP contribution < -0.4 is 0 Å². The van der Waals surface area contributed by atoms with E-state index in [9.17, 15) is 4.79 Å². The Bertz CT molecular complexity index is 829. The number of carbonyl (C=O) groups is 1. The summed E-state index contributed by atoms with van der Waals surface area (Å²) in [5.41, 5.74) is 4.70. The lowest BCUT2D eigenvalue weighted by atomic mass is 10.1. The summed E-state index contributed by atoms with van der Waals surface area (Å²) in [6, 6.07) is 5.88. The summed E-state index contributed by atoms with van der Waals surface area (Å²) < 4.78 is 0. The second kappa shape index (κ2) is 4.76. The smallest absolute Gasteiger partial charge is 0.152 e. The number of aromatic nitrogens is 1. The summed E-state index contributed by atoms with van der Waals surface area (Å²) >= 11 is 7.85. The molecule has 0 aliphatic heterocycles. The number of thiophene rings is 1. The summed E-state index contributed by atoms with van der Waals surface area (Å²) in [6.07, 6.45) is 0.913. The zero-order valence-corrected chi connectivity index (χ0v) is 13.1. The van der Waals surface area contributed by atoms with Crippen molar-refractivity contribution in [3.05, 3.63) is 44.1 Å². The fourth-order valence-corrected chi connectivity index (χ4v) is 3.87. The van der Waals surface area contributed by atoms with Gasteiger partial charge in [0.15, 0.2) is 6.29 Å². The van der Waals surface area contributed by atoms with Crippen molar-refractivity contribution >= 4 is 40.1 Å². The van der Waals surface area contributed by atoms with Gasteiger partial charge in [-0.3, -0.25) is 4.79 Å². The third kappa shape index (κ3) is 1.98. The number of aromatic amines is 1. The Hall–Kier alpha value is -1.58. The highest BCUT2D eigenvalue weighted by atomic mass is 35.5. The van der Waals surface area contributed by atoms with Crippen LogP contribution in [0.1, 0.15) is 25.7 Å². The number of nitrogens with one attached hydrogen (secondary N) is 1. The van der Waals surface area contributed by atoms with Gasteiger partial charge in [0.1, 0.15) is 0 Å². The Morgan fingerprint density at radius 2 is 1.95 bits per heavy atom. The van der Waals surface area contributed by atoms with Crippen LogP contribution in [0.2, 0.25) is 5.02 Å². The Morgan fingerprint density at radius 1 is 1.20 bits per heavy atom. The number of aldehydes is 1. The van der Waals surface area contributed by atoms with Crippen molar-refractivity contribution in [3.63, 3.8) is 0 Å². The fraction of sp³-hybridized carbons (Fsp3) is 0.188. The van der Waals surface area contributed by atoms with Gasteiger partial charge in [-0.1, -0.05) is 11.6 Å². The van der Waals surface area contributed by atoms with E-state index < -0.39 is 0 Å². The highest BCUT2D eigenvalue weighted by Gasteiger charge is 2.17. The minimum atomic E-state index is 0.655. The fourth-order valence-electron chi connectivity index (χ4n) is 2.66. The molecule has 2 aromatic heterocycles. The SMILES string of the molecule is Cc1cc(-c2[nH]c3c(C)cc(Cl)cc3c2C=O)c(C)s1. The number of hydrogen-bond donors (Lipinski definition) is 1. The number of rotatable bonds is 2. The monoisotopic (exact) mass is 303 g/mol. The Labute approximate surface area is 126 Å². The zero-order valence-electron chi connectivity index (χ0n) is 11.5. The van der Waals surface area contributed by atoms with Crippen LogP contribution in [0.5, 0.6) is 0 Å². The van der Waals surface area contributed by atoms with Gasteiger partial charge in [-0.2, -0.15) is 0 Å². The van der Waals surface area contributed by atoms with Gasteiger partial charge in [0.2, 0.25) is 0 Å². The maximum absolute atomic E-state index is 11.6. The predicted octanol–water partition coefficient (Wildman–Crippen LogP) is 5.29. The Kier molecular flexibility index (Phi) is 3.19. The first-order valence-electron chi connectivity index (χ1n) is 6.35. The second-order valence-corrected chi connectivity index (χ2v) is 6.90. The van der Waals surface area contributed by atoms with Crippen LogP contribution in [0.15, 0.2) is 18.2 Å². The topological polar surface area (TPSA) is 32.9 Å². The van der Waals surface area contributed by atoms with Gasteiger partial charge >= 0.3 is 0 Å². The average Bonchev–Trinajstić information content (AvgIpc) is 2.89. The number of aryl methyl sites for hydroxylation is 3. The van der Waals surface area contributed by atoms with Gasteiger partial charge in [-0.15, -0.1) is 11.3 Å². The average molecular weight is 304 g/mol. The maximum atomic E-state index is 11.6. The highest BCUT2D eigenvalue weighted by Crippen LogP contribution is 2.36. The van der Waals surface area contributed by atoms with Crippen LogP contribution in [0.4, 0.5) is 0 Å². The van der Waals surface area contributed by atoms with Gasteiger partial charge in [0, 0.05) is 36.8 Å². The minimum absolute atomic E-state index is 0.655. The van der Waals surface area contributed by atoms with Crippen LogP contribution in [-0.4, -0.2) is 11.3 Å². The molecular weight excluding hydrogens is 290 g/mol. The normalized spacial score (nSPS) is 11.2. The summed E-state index contributed by atoms with van der Waals surface area (Å²) in [6.45, 7) is 6.15. The van der Waals surface area contributed by atoms with Crippen LogP contribution in [0.25, 0.3) is 22.2 Å². The van der Waals surface area contributed by atoms with Gasteiger partial charge in [0.25, 0.3) is 0 Å². The summed E-state index contributed by atoms with van der Waals surface area (Å²) in [5, 5.41) is 1.55. The largest absolute Gasteiger partial charge is 0.354 e. The van der Waals surface area contributed by atoms with E-state index in [4.69, 9.17) is 11.6 Å². The molecule has 0 saturated carbocycles. The van der Waals surface area contributed by atoms with Crippen LogP contribution >= 0.6 is 22.9 Å². The van der Waals surface area contributed by atoms with Crippen molar-refractivity contribution in [1.29, 1.82) is 0 Å². The molecule has 3 aromatic rings. The van der Waals surface area contributed by atoms with Crippen molar-refractivity contribution in [2.75, 3.05) is 0 Å². The molecule has 0 radical (unpaired) electrons. The van der Waals surface area contributed by atoms with E-state index in [1.165, 1.54) is 9.75 Å². The van der Waals surface area contributed by atoms with Crippen LogP contribution in [0.3, 0.4) is 0 Å². The lowest BCUT2D eigenvalue weighted by Crippen LogP contribution is -1.84. The molecule has 0 atom stereocenters. The van der Waals surface area contributed by atoms with Crippen LogP contribution in [0, 0.1) is 20.8 Å². The first-order chi connectivity index (χ1) is 9.51. The third-order valence-corrected chi connectivity index (χ3v) is 4.72. The molecule has 0 fully saturated rings. The molecule has 3 rings (SSSR count). The van der Waals surface area contributed by atoms with Gasteiger partial charge in [-0.05, 0) is 44.5 Å². The minimum Gasteiger partial charge on any atom is -0.354 e. The number of H-pyrrole nitrogens is 1. The number of fused-ring (bicyclic) bond motifs is 1. The van der Waals surface area contributed by atoms with Crippen molar-refractivity contribution in [1.82, 2.24) is 4.98 Å². The molecule has 1 aromatic carbocycles. The molecule has 2 heterocycles. The lowest BCUT2D eigenvalue weighted by Gasteiger charge is -1.97. The molecule has 0 spiro atoms. The standard InChI is InChI=1S/C16H14ClNOS/c1-8-4-11(17)6-13-14(7-19)16(18-15(8)13)12-5-9(2)20-10(12)3/h4-7,18H,1-3H3. The first-order valence-corrected chi connectivity index (χ1v) is 7.55. The third-order valence-electron chi connectivity index (χ3n) is 3.54. The van der Waals surface area contributed by atoms with Crippen molar-refractivity contribution < 1.29 is 4.79 Å². The molecule has 102 valence electrons. The quantitative estimate of drug-likeness (QED) is 0.641. The molecule has 0 amide bonds. The van der Waals surface area contributed by atoms with Gasteiger partial charge < -0.3 is 4.98 Å². The number of hydrogen-bond acceptors (Lipinski definition) is 2. The van der Waals surface area contributed by atoms with Crippen molar-refractivity contribution in [2.45, 2.75) is 20.8 Å². The predicted molar refractivity (Wildman–Crippen MR) is 86.2 cm³/mol. The van der Waals surface area contributed by atoms with Crippen molar-refractivity contribution in [2.24, 2.45) is 0 Å². The Morgan fingerprint density at radius 3 is 2.55 bits per heavy atom. The van der Waals surface area contributed by atoms with E-state index in [2.05, 4.69) is 24.9 Å². The zero-order chi connectivity index (χ0) is 14.4. The highest BCUT2D eigenvalue weighted by molar-refractivity contribution is 7.12. The number of benzene rings is 1. The maximum Gasteiger partial charge on any atom is 0.152 e. The molecule has 0 unspecified atom stereocenters. The van der Waals surface area contributed by atoms with E-state index in [0.29, 0.717) is 10.6 Å². The van der Waals surface area contributed by atoms with Gasteiger partial charge in [0.05, 0.1) is 5.69 Å². The second-order valence-electron chi connectivity index (χ2n) is 5.00. The van der Waals surface area contributed by atoms with Crippen molar-refractivity contribution in [3.8, 4) is 11.3 Å². The van der Waals surface area contributed by atoms with Crippen LogP contribution in [-0.2, 0) is 0 Å².